The summed E-state index contributed by atoms with van der Waals surface area (Å²) in [5.41, 5.74) is 2.68. The number of aliphatic hydroxyl groups is 1. The van der Waals surface area contributed by atoms with Gasteiger partial charge in [0.05, 0.1) is 30.9 Å². The van der Waals surface area contributed by atoms with E-state index in [1.807, 2.05) is 31.2 Å². The van der Waals surface area contributed by atoms with E-state index in [1.165, 1.54) is 12.0 Å². The Labute approximate surface area is 203 Å². The second kappa shape index (κ2) is 9.85. The van der Waals surface area contributed by atoms with Crippen LogP contribution in [0.2, 0.25) is 0 Å². The molecule has 1 aliphatic rings. The van der Waals surface area contributed by atoms with Gasteiger partial charge in [0.25, 0.3) is 11.7 Å². The zero-order valence-corrected chi connectivity index (χ0v) is 19.6. The maximum absolute atomic E-state index is 13.3. The minimum Gasteiger partial charge on any atom is -0.507 e. The molecule has 3 aromatic rings. The molecule has 1 saturated heterocycles. The number of methoxy groups -OCH3 is 1. The van der Waals surface area contributed by atoms with Gasteiger partial charge < -0.3 is 14.6 Å². The summed E-state index contributed by atoms with van der Waals surface area (Å²) in [6.45, 7) is 3.87. The van der Waals surface area contributed by atoms with Crippen LogP contribution in [0.5, 0.6) is 5.75 Å². The number of rotatable bonds is 6. The van der Waals surface area contributed by atoms with Gasteiger partial charge in [-0.2, -0.15) is 0 Å². The molecule has 0 radical (unpaired) electrons. The second-order valence-corrected chi connectivity index (χ2v) is 8.08. The molecule has 1 unspecified atom stereocenters. The fourth-order valence-electron chi connectivity index (χ4n) is 4.15. The molecule has 0 bridgehead atoms. The Morgan fingerprint density at radius 3 is 2.34 bits per heavy atom. The van der Waals surface area contributed by atoms with E-state index in [9.17, 15) is 19.5 Å². The Morgan fingerprint density at radius 2 is 1.69 bits per heavy atom. The lowest BCUT2D eigenvalue weighted by atomic mass is 9.94. The molecule has 1 heterocycles. The third-order valence-electron chi connectivity index (χ3n) is 5.80. The van der Waals surface area contributed by atoms with Crippen LogP contribution in [0, 0.1) is 6.92 Å². The Morgan fingerprint density at radius 1 is 0.971 bits per heavy atom. The predicted octanol–water partition coefficient (Wildman–Crippen LogP) is 4.81. The lowest BCUT2D eigenvalue weighted by Gasteiger charge is -2.26. The number of esters is 1. The van der Waals surface area contributed by atoms with Crippen LogP contribution in [0.15, 0.2) is 78.4 Å². The normalized spacial score (nSPS) is 16.9. The molecular formula is C28H25NO6. The van der Waals surface area contributed by atoms with Crippen molar-refractivity contribution in [2.45, 2.75) is 19.9 Å². The number of hydrogen-bond donors (Lipinski definition) is 1. The number of nitrogens with zero attached hydrogens (tertiary/aromatic N) is 1. The van der Waals surface area contributed by atoms with Gasteiger partial charge in [0.15, 0.2) is 0 Å². The Kier molecular flexibility index (Phi) is 6.68. The highest BCUT2D eigenvalue weighted by molar-refractivity contribution is 6.51. The van der Waals surface area contributed by atoms with Crippen molar-refractivity contribution in [3.05, 3.63) is 101 Å². The first-order valence-corrected chi connectivity index (χ1v) is 11.1. The number of amides is 1. The average Bonchev–Trinajstić information content (AvgIpc) is 3.14. The first-order chi connectivity index (χ1) is 16.8. The van der Waals surface area contributed by atoms with Gasteiger partial charge >= 0.3 is 5.97 Å². The molecule has 0 aromatic heterocycles. The lowest BCUT2D eigenvalue weighted by Crippen LogP contribution is -2.29. The largest absolute Gasteiger partial charge is 0.507 e. The van der Waals surface area contributed by atoms with E-state index in [0.29, 0.717) is 28.1 Å². The number of hydrogen-bond acceptors (Lipinski definition) is 6. The van der Waals surface area contributed by atoms with Gasteiger partial charge in [-0.05, 0) is 55.8 Å². The molecule has 0 spiro atoms. The van der Waals surface area contributed by atoms with Crippen molar-refractivity contribution >= 4 is 29.1 Å². The van der Waals surface area contributed by atoms with Crippen molar-refractivity contribution in [1.82, 2.24) is 0 Å². The molecule has 0 saturated carbocycles. The molecule has 35 heavy (non-hydrogen) atoms. The first-order valence-electron chi connectivity index (χ1n) is 11.1. The minimum absolute atomic E-state index is 0.0247. The number of ether oxygens (including phenoxy) is 2. The average molecular weight is 472 g/mol. The number of carbonyl (C=O) groups excluding carboxylic acids is 3. The molecule has 7 heteroatoms. The predicted molar refractivity (Wildman–Crippen MR) is 131 cm³/mol. The van der Waals surface area contributed by atoms with E-state index in [4.69, 9.17) is 9.47 Å². The maximum Gasteiger partial charge on any atom is 0.338 e. The Bertz CT molecular complexity index is 1330. The van der Waals surface area contributed by atoms with Crippen LogP contribution in [0.1, 0.15) is 40.0 Å². The minimum atomic E-state index is -0.866. The molecule has 1 aliphatic heterocycles. The van der Waals surface area contributed by atoms with Crippen molar-refractivity contribution in [3.63, 3.8) is 0 Å². The van der Waals surface area contributed by atoms with E-state index < -0.39 is 23.7 Å². The third kappa shape index (κ3) is 4.53. The van der Waals surface area contributed by atoms with Gasteiger partial charge in [-0.15, -0.1) is 0 Å². The van der Waals surface area contributed by atoms with Crippen molar-refractivity contribution < 1.29 is 29.0 Å². The Hall–Kier alpha value is -4.39. The maximum atomic E-state index is 13.3. The molecule has 0 aliphatic carbocycles. The van der Waals surface area contributed by atoms with Crippen molar-refractivity contribution in [2.75, 3.05) is 18.6 Å². The van der Waals surface area contributed by atoms with E-state index in [-0.39, 0.29) is 17.9 Å². The van der Waals surface area contributed by atoms with Gasteiger partial charge in [-0.1, -0.05) is 42.0 Å². The van der Waals surface area contributed by atoms with Crippen LogP contribution < -0.4 is 9.64 Å². The molecule has 7 nitrogen and oxygen atoms in total. The van der Waals surface area contributed by atoms with Crippen LogP contribution in [0.3, 0.4) is 0 Å². The summed E-state index contributed by atoms with van der Waals surface area (Å²) in [4.78, 5) is 40.0. The number of aliphatic hydroxyl groups excluding tert-OH is 1. The van der Waals surface area contributed by atoms with E-state index in [1.54, 1.807) is 55.5 Å². The number of ketones is 1. The fourth-order valence-corrected chi connectivity index (χ4v) is 4.15. The number of Topliss-reactive ketones (excluding diaryl/α,β-unsaturated/α-hetero) is 1. The highest BCUT2D eigenvalue weighted by Gasteiger charge is 2.47. The Balaban J connectivity index is 1.87. The molecule has 3 aromatic carbocycles. The smallest absolute Gasteiger partial charge is 0.338 e. The van der Waals surface area contributed by atoms with Crippen LogP contribution in [0.4, 0.5) is 5.69 Å². The van der Waals surface area contributed by atoms with Gasteiger partial charge in [-0.3, -0.25) is 14.5 Å². The van der Waals surface area contributed by atoms with Crippen LogP contribution in [-0.4, -0.2) is 36.5 Å². The topological polar surface area (TPSA) is 93.1 Å². The molecule has 1 N–H and O–H groups in total. The summed E-state index contributed by atoms with van der Waals surface area (Å²) < 4.78 is 10.3. The van der Waals surface area contributed by atoms with Crippen LogP contribution in [-0.2, 0) is 14.3 Å². The summed E-state index contributed by atoms with van der Waals surface area (Å²) in [7, 11) is 1.50. The monoisotopic (exact) mass is 471 g/mol. The fraction of sp³-hybridized carbons (Fsp3) is 0.179. The van der Waals surface area contributed by atoms with Gasteiger partial charge in [0, 0.05) is 11.3 Å². The van der Waals surface area contributed by atoms with Crippen molar-refractivity contribution in [1.29, 1.82) is 0 Å². The third-order valence-corrected chi connectivity index (χ3v) is 5.80. The standard InChI is InChI=1S/C28H25NO6/c1-4-35-28(33)18-11-13-21(14-12-18)29-24(19-8-5-7-17(2)15-19)23(26(31)27(29)32)25(30)20-9-6-10-22(16-20)34-3/h5-16,24,30H,4H2,1-3H3/b25-23+. The van der Waals surface area contributed by atoms with Crippen molar-refractivity contribution in [3.8, 4) is 5.75 Å². The molecule has 1 atom stereocenters. The number of aryl methyl sites for hydroxylation is 1. The van der Waals surface area contributed by atoms with Crippen LogP contribution >= 0.6 is 0 Å². The van der Waals surface area contributed by atoms with E-state index >= 15 is 0 Å². The van der Waals surface area contributed by atoms with Gasteiger partial charge in [0.2, 0.25) is 0 Å². The number of anilines is 1. The zero-order chi connectivity index (χ0) is 25.1. The zero-order valence-electron chi connectivity index (χ0n) is 19.6. The SMILES string of the molecule is CCOC(=O)c1ccc(N2C(=O)C(=O)/C(=C(/O)c3cccc(OC)c3)C2c2cccc(C)c2)cc1. The summed E-state index contributed by atoms with van der Waals surface area (Å²) in [6.07, 6.45) is 0. The van der Waals surface area contributed by atoms with E-state index in [2.05, 4.69) is 0 Å². The molecule has 4 rings (SSSR count). The molecular weight excluding hydrogens is 446 g/mol. The highest BCUT2D eigenvalue weighted by atomic mass is 16.5. The highest BCUT2D eigenvalue weighted by Crippen LogP contribution is 2.42. The van der Waals surface area contributed by atoms with Gasteiger partial charge in [-0.25, -0.2) is 4.79 Å². The summed E-state index contributed by atoms with van der Waals surface area (Å²) >= 11 is 0. The molecule has 1 fully saturated rings. The number of carbonyl (C=O) groups is 3. The van der Waals surface area contributed by atoms with Crippen LogP contribution in [0.25, 0.3) is 5.76 Å². The molecule has 178 valence electrons. The lowest BCUT2D eigenvalue weighted by molar-refractivity contribution is -0.132. The first kappa shape index (κ1) is 23.8. The second-order valence-electron chi connectivity index (χ2n) is 8.08. The molecule has 1 amide bonds. The van der Waals surface area contributed by atoms with Crippen molar-refractivity contribution in [2.24, 2.45) is 0 Å². The number of benzene rings is 3. The van der Waals surface area contributed by atoms with E-state index in [0.717, 1.165) is 5.56 Å². The summed E-state index contributed by atoms with van der Waals surface area (Å²) in [5, 5.41) is 11.2. The summed E-state index contributed by atoms with van der Waals surface area (Å²) in [5.74, 6) is -1.84. The quantitative estimate of drug-likeness (QED) is 0.240. The van der Waals surface area contributed by atoms with Gasteiger partial charge in [0.1, 0.15) is 11.5 Å². The summed E-state index contributed by atoms with van der Waals surface area (Å²) in [6, 6.07) is 19.5.